The number of aromatic nitrogens is 2. The molecule has 1 aromatic heterocycles. The van der Waals surface area contributed by atoms with Crippen molar-refractivity contribution < 1.29 is 23.1 Å². The Labute approximate surface area is 187 Å². The van der Waals surface area contributed by atoms with Gasteiger partial charge in [-0.15, -0.1) is 0 Å². The van der Waals surface area contributed by atoms with Crippen LogP contribution in [0.4, 0.5) is 5.69 Å². The Morgan fingerprint density at radius 3 is 2.31 bits per heavy atom. The van der Waals surface area contributed by atoms with E-state index in [2.05, 4.69) is 10.4 Å². The van der Waals surface area contributed by atoms with Crippen molar-refractivity contribution >= 4 is 25.3 Å². The minimum Gasteiger partial charge on any atom is -0.497 e. The molecule has 8 nitrogen and oxygen atoms in total. The molecule has 0 bridgehead atoms. The van der Waals surface area contributed by atoms with Crippen LogP contribution in [0.3, 0.4) is 0 Å². The lowest BCUT2D eigenvalue weighted by atomic mass is 10.1. The molecule has 0 saturated carbocycles. The molecule has 0 spiro atoms. The summed E-state index contributed by atoms with van der Waals surface area (Å²) in [6.45, 7) is 0. The lowest BCUT2D eigenvalue weighted by molar-refractivity contribution is -0.111. The Hall–Kier alpha value is -3.19. The topological polar surface area (TPSA) is 91.7 Å². The summed E-state index contributed by atoms with van der Waals surface area (Å²) in [5.74, 6) is 0.493. The fraction of sp³-hybridized carbons (Fsp3) is 0.217. The molecule has 1 heterocycles. The number of ether oxygens (including phenoxy) is 1. The van der Waals surface area contributed by atoms with E-state index in [1.807, 2.05) is 31.3 Å². The highest BCUT2D eigenvalue weighted by Crippen LogP contribution is 2.49. The quantitative estimate of drug-likeness (QED) is 0.370. The van der Waals surface area contributed by atoms with E-state index in [1.54, 1.807) is 48.3 Å². The summed E-state index contributed by atoms with van der Waals surface area (Å²) in [7, 11) is 3.05. The Morgan fingerprint density at radius 1 is 1.06 bits per heavy atom. The average molecular weight is 455 g/mol. The zero-order valence-electron chi connectivity index (χ0n) is 18.4. The number of anilines is 1. The number of carbonyl (C=O) groups is 1. The summed E-state index contributed by atoms with van der Waals surface area (Å²) in [5.41, 5.74) is 4.07. The van der Waals surface area contributed by atoms with Crippen LogP contribution in [0.5, 0.6) is 5.75 Å². The van der Waals surface area contributed by atoms with Gasteiger partial charge in [-0.05, 0) is 48.0 Å². The molecule has 9 heteroatoms. The van der Waals surface area contributed by atoms with Crippen molar-refractivity contribution in [3.8, 4) is 17.0 Å². The fourth-order valence-electron chi connectivity index (χ4n) is 3.15. The molecule has 0 saturated heterocycles. The van der Waals surface area contributed by atoms with E-state index in [1.165, 1.54) is 20.3 Å². The largest absolute Gasteiger partial charge is 0.497 e. The molecular weight excluding hydrogens is 429 g/mol. The van der Waals surface area contributed by atoms with Crippen LogP contribution in [-0.2, 0) is 31.6 Å². The number of aryl methyl sites for hydroxylation is 1. The third-order valence-corrected chi connectivity index (χ3v) is 6.76. The summed E-state index contributed by atoms with van der Waals surface area (Å²) < 4.78 is 29.1. The van der Waals surface area contributed by atoms with Crippen LogP contribution in [0, 0.1) is 0 Å². The monoisotopic (exact) mass is 455 g/mol. The van der Waals surface area contributed by atoms with Crippen LogP contribution in [0.15, 0.2) is 60.8 Å². The molecule has 1 amide bonds. The van der Waals surface area contributed by atoms with Gasteiger partial charge in [0.25, 0.3) is 0 Å². The first-order valence-electron chi connectivity index (χ1n) is 9.82. The van der Waals surface area contributed by atoms with E-state index < -0.39 is 7.60 Å². The molecule has 0 atom stereocenters. The summed E-state index contributed by atoms with van der Waals surface area (Å²) >= 11 is 0. The van der Waals surface area contributed by atoms with Crippen molar-refractivity contribution in [2.24, 2.45) is 7.05 Å². The number of hydrogen-bond donors (Lipinski definition) is 1. The van der Waals surface area contributed by atoms with Gasteiger partial charge in [0.2, 0.25) is 5.91 Å². The average Bonchev–Trinajstić information content (AvgIpc) is 3.19. The maximum atomic E-state index is 12.4. The number of amides is 1. The second kappa shape index (κ2) is 10.4. The number of benzene rings is 2. The van der Waals surface area contributed by atoms with Crippen LogP contribution in [0.1, 0.15) is 11.1 Å². The number of methoxy groups -OCH3 is 1. The van der Waals surface area contributed by atoms with E-state index in [4.69, 9.17) is 13.8 Å². The first-order valence-corrected chi connectivity index (χ1v) is 11.5. The Kier molecular flexibility index (Phi) is 7.64. The zero-order chi connectivity index (χ0) is 23.1. The van der Waals surface area contributed by atoms with Gasteiger partial charge in [-0.25, -0.2) is 0 Å². The molecule has 168 valence electrons. The molecule has 0 aliphatic heterocycles. The zero-order valence-corrected chi connectivity index (χ0v) is 19.3. The number of carbonyl (C=O) groups excluding carboxylic acids is 1. The number of nitrogens with zero attached hydrogens (tertiary/aromatic N) is 2. The maximum Gasteiger partial charge on any atom is 0.334 e. The number of hydrogen-bond acceptors (Lipinski definition) is 6. The predicted octanol–water partition coefficient (Wildman–Crippen LogP) is 4.73. The van der Waals surface area contributed by atoms with Crippen LogP contribution >= 0.6 is 7.60 Å². The van der Waals surface area contributed by atoms with E-state index in [0.29, 0.717) is 5.69 Å². The van der Waals surface area contributed by atoms with Crippen molar-refractivity contribution in [3.63, 3.8) is 0 Å². The maximum absolute atomic E-state index is 12.4. The summed E-state index contributed by atoms with van der Waals surface area (Å²) in [4.78, 5) is 12.4. The third kappa shape index (κ3) is 5.73. The van der Waals surface area contributed by atoms with Gasteiger partial charge >= 0.3 is 7.60 Å². The molecule has 0 aliphatic rings. The van der Waals surface area contributed by atoms with Crippen LogP contribution in [0.2, 0.25) is 0 Å². The van der Waals surface area contributed by atoms with Gasteiger partial charge in [-0.1, -0.05) is 12.1 Å². The molecule has 0 unspecified atom stereocenters. The van der Waals surface area contributed by atoms with Gasteiger partial charge in [0.15, 0.2) is 0 Å². The van der Waals surface area contributed by atoms with Crippen molar-refractivity contribution in [1.82, 2.24) is 9.78 Å². The highest BCUT2D eigenvalue weighted by molar-refractivity contribution is 7.52. The molecular formula is C23H26N3O5P. The molecule has 3 aromatic rings. The number of nitrogens with one attached hydrogen (secondary N) is 1. The molecule has 2 aromatic carbocycles. The van der Waals surface area contributed by atoms with Crippen LogP contribution < -0.4 is 10.1 Å². The molecule has 1 N–H and O–H groups in total. The van der Waals surface area contributed by atoms with E-state index in [0.717, 1.165) is 28.1 Å². The second-order valence-electron chi connectivity index (χ2n) is 6.95. The lowest BCUT2D eigenvalue weighted by Gasteiger charge is -2.13. The Morgan fingerprint density at radius 2 is 1.72 bits per heavy atom. The fourth-order valence-corrected chi connectivity index (χ4v) is 4.21. The lowest BCUT2D eigenvalue weighted by Crippen LogP contribution is -2.07. The van der Waals surface area contributed by atoms with Crippen molar-refractivity contribution in [3.05, 3.63) is 71.9 Å². The summed E-state index contributed by atoms with van der Waals surface area (Å²) in [6, 6.07) is 14.7. The van der Waals surface area contributed by atoms with Gasteiger partial charge in [-0.2, -0.15) is 5.10 Å². The molecule has 0 radical (unpaired) electrons. The third-order valence-electron chi connectivity index (χ3n) is 4.90. The van der Waals surface area contributed by atoms with Crippen molar-refractivity contribution in [2.75, 3.05) is 26.6 Å². The first kappa shape index (κ1) is 23.5. The summed E-state index contributed by atoms with van der Waals surface area (Å²) in [6.07, 6.45) is 5.05. The second-order valence-corrected chi connectivity index (χ2v) is 9.22. The number of rotatable bonds is 9. The van der Waals surface area contributed by atoms with Gasteiger partial charge in [-0.3, -0.25) is 14.0 Å². The highest BCUT2D eigenvalue weighted by Gasteiger charge is 2.21. The van der Waals surface area contributed by atoms with E-state index in [-0.39, 0.29) is 12.1 Å². The first-order chi connectivity index (χ1) is 15.4. The normalized spacial score (nSPS) is 11.6. The Balaban J connectivity index is 1.68. The highest BCUT2D eigenvalue weighted by atomic mass is 31.2. The molecule has 0 fully saturated rings. The molecule has 3 rings (SSSR count). The van der Waals surface area contributed by atoms with Crippen molar-refractivity contribution in [1.29, 1.82) is 0 Å². The Bertz CT molecular complexity index is 1130. The minimum atomic E-state index is -3.14. The molecule has 32 heavy (non-hydrogen) atoms. The van der Waals surface area contributed by atoms with Gasteiger partial charge in [0.05, 0.1) is 25.2 Å². The van der Waals surface area contributed by atoms with E-state index in [9.17, 15) is 9.36 Å². The summed E-state index contributed by atoms with van der Waals surface area (Å²) in [5, 5.41) is 7.12. The van der Waals surface area contributed by atoms with Gasteiger partial charge in [0.1, 0.15) is 5.75 Å². The smallest absolute Gasteiger partial charge is 0.334 e. The van der Waals surface area contributed by atoms with Gasteiger partial charge in [0, 0.05) is 44.2 Å². The minimum absolute atomic E-state index is 0.156. The van der Waals surface area contributed by atoms with Crippen molar-refractivity contribution in [2.45, 2.75) is 6.16 Å². The SMILES string of the molecule is COc1ccc(-c2c(C=CC(=O)Nc3ccc(CP(=O)(OC)OC)cc3)cnn2C)cc1. The van der Waals surface area contributed by atoms with Gasteiger partial charge < -0.3 is 19.1 Å². The predicted molar refractivity (Wildman–Crippen MR) is 125 cm³/mol. The van der Waals surface area contributed by atoms with E-state index >= 15 is 0 Å². The standard InChI is InChI=1S/C23H26N3O5P/c1-26-23(18-7-12-21(29-2)13-8-18)19(15-24-26)9-14-22(27)25-20-10-5-17(6-11-20)16-32(28,30-3)31-4/h5-15H,16H2,1-4H3,(H,25,27). The molecule has 0 aliphatic carbocycles. The van der Waals surface area contributed by atoms with Crippen LogP contribution in [0.25, 0.3) is 17.3 Å². The van der Waals surface area contributed by atoms with Crippen LogP contribution in [-0.4, -0.2) is 37.0 Å².